The number of carbonyl (C=O) groups is 2. The molecule has 0 saturated heterocycles. The molecular weight excluding hydrogens is 292 g/mol. The van der Waals surface area contributed by atoms with Crippen LogP contribution in [-0.4, -0.2) is 11.8 Å². The van der Waals surface area contributed by atoms with E-state index in [0.29, 0.717) is 11.0 Å². The smallest absolute Gasteiger partial charge is 0.286 e. The topological polar surface area (TPSA) is 85.3 Å². The summed E-state index contributed by atoms with van der Waals surface area (Å²) in [6.45, 7) is 0. The van der Waals surface area contributed by atoms with Crippen molar-refractivity contribution in [3.63, 3.8) is 0 Å². The van der Waals surface area contributed by atoms with Gasteiger partial charge < -0.3 is 15.5 Å². The molecule has 1 heterocycles. The SMILES string of the molecule is NC(=O)c1oc2ccccc2c1NC(=O)C=Cc1ccccc1. The normalized spacial score (nSPS) is 11.0. The third-order valence-electron chi connectivity index (χ3n) is 3.29. The van der Waals surface area contributed by atoms with Crippen LogP contribution < -0.4 is 11.1 Å². The van der Waals surface area contributed by atoms with Crippen molar-refractivity contribution in [3.8, 4) is 0 Å². The van der Waals surface area contributed by atoms with Gasteiger partial charge in [0.1, 0.15) is 11.3 Å². The highest BCUT2D eigenvalue weighted by Gasteiger charge is 2.19. The second-order valence-electron chi connectivity index (χ2n) is 4.90. The van der Waals surface area contributed by atoms with E-state index < -0.39 is 5.91 Å². The highest BCUT2D eigenvalue weighted by atomic mass is 16.3. The Hall–Kier alpha value is -3.34. The summed E-state index contributed by atoms with van der Waals surface area (Å²) >= 11 is 0. The van der Waals surface area contributed by atoms with Gasteiger partial charge in [-0.05, 0) is 23.8 Å². The van der Waals surface area contributed by atoms with E-state index in [-0.39, 0.29) is 17.4 Å². The number of anilines is 1. The number of amides is 2. The number of nitrogens with two attached hydrogens (primary N) is 1. The number of fused-ring (bicyclic) bond motifs is 1. The van der Waals surface area contributed by atoms with E-state index in [1.54, 1.807) is 30.3 Å². The lowest BCUT2D eigenvalue weighted by atomic mass is 10.2. The average Bonchev–Trinajstić information content (AvgIpc) is 2.93. The van der Waals surface area contributed by atoms with Crippen molar-refractivity contribution in [2.45, 2.75) is 0 Å². The molecule has 23 heavy (non-hydrogen) atoms. The molecule has 0 radical (unpaired) electrons. The summed E-state index contributed by atoms with van der Waals surface area (Å²) < 4.78 is 5.41. The first-order valence-corrected chi connectivity index (χ1v) is 7.00. The molecule has 0 aliphatic rings. The molecule has 0 bridgehead atoms. The van der Waals surface area contributed by atoms with Crippen molar-refractivity contribution in [2.24, 2.45) is 5.73 Å². The van der Waals surface area contributed by atoms with Gasteiger partial charge in [-0.2, -0.15) is 0 Å². The van der Waals surface area contributed by atoms with Gasteiger partial charge in [-0.15, -0.1) is 0 Å². The maximum absolute atomic E-state index is 12.1. The van der Waals surface area contributed by atoms with E-state index in [0.717, 1.165) is 5.56 Å². The first kappa shape index (κ1) is 14.6. The summed E-state index contributed by atoms with van der Waals surface area (Å²) in [6, 6.07) is 16.4. The van der Waals surface area contributed by atoms with Gasteiger partial charge >= 0.3 is 0 Å². The minimum absolute atomic E-state index is 0.0624. The Kier molecular flexibility index (Phi) is 3.93. The summed E-state index contributed by atoms with van der Waals surface area (Å²) in [5.74, 6) is -1.17. The number of benzene rings is 2. The van der Waals surface area contributed by atoms with Crippen LogP contribution in [0.4, 0.5) is 5.69 Å². The van der Waals surface area contributed by atoms with Gasteiger partial charge in [-0.3, -0.25) is 9.59 Å². The zero-order chi connectivity index (χ0) is 16.2. The largest absolute Gasteiger partial charge is 0.449 e. The van der Waals surface area contributed by atoms with Gasteiger partial charge in [0.15, 0.2) is 0 Å². The molecule has 0 aliphatic carbocycles. The summed E-state index contributed by atoms with van der Waals surface area (Å²) in [4.78, 5) is 23.6. The zero-order valence-electron chi connectivity index (χ0n) is 12.2. The third-order valence-corrected chi connectivity index (χ3v) is 3.29. The summed E-state index contributed by atoms with van der Waals surface area (Å²) in [5.41, 5.74) is 6.99. The van der Waals surface area contributed by atoms with Gasteiger partial charge in [-0.25, -0.2) is 0 Å². The van der Waals surface area contributed by atoms with Crippen molar-refractivity contribution in [2.75, 3.05) is 5.32 Å². The molecule has 0 fully saturated rings. The Morgan fingerprint density at radius 2 is 1.70 bits per heavy atom. The van der Waals surface area contributed by atoms with Crippen LogP contribution in [0.1, 0.15) is 16.1 Å². The number of rotatable bonds is 4. The minimum Gasteiger partial charge on any atom is -0.449 e. The van der Waals surface area contributed by atoms with Crippen LogP contribution in [0.25, 0.3) is 17.0 Å². The Balaban J connectivity index is 1.89. The molecule has 0 unspecified atom stereocenters. The molecule has 5 nitrogen and oxygen atoms in total. The fourth-order valence-electron chi connectivity index (χ4n) is 2.24. The van der Waals surface area contributed by atoms with Crippen molar-refractivity contribution in [1.29, 1.82) is 0 Å². The second-order valence-corrected chi connectivity index (χ2v) is 4.90. The molecule has 0 aliphatic heterocycles. The first-order valence-electron chi connectivity index (χ1n) is 7.00. The number of furan rings is 1. The van der Waals surface area contributed by atoms with Gasteiger partial charge in [0, 0.05) is 11.5 Å². The van der Waals surface area contributed by atoms with Crippen LogP contribution in [0.15, 0.2) is 65.1 Å². The molecular formula is C18H14N2O3. The molecule has 3 rings (SSSR count). The summed E-state index contributed by atoms with van der Waals surface area (Å²) in [6.07, 6.45) is 3.07. The van der Waals surface area contributed by atoms with Gasteiger partial charge in [0.25, 0.3) is 5.91 Å². The fraction of sp³-hybridized carbons (Fsp3) is 0. The maximum Gasteiger partial charge on any atom is 0.286 e. The Labute approximate surface area is 132 Å². The standard InChI is InChI=1S/C18H14N2O3/c19-18(22)17-16(13-8-4-5-9-14(13)23-17)20-15(21)11-10-12-6-2-1-3-7-12/h1-11H,(H2,19,22)(H,20,21). The molecule has 3 N–H and O–H groups in total. The molecule has 2 amide bonds. The van der Waals surface area contributed by atoms with E-state index in [1.165, 1.54) is 6.08 Å². The lowest BCUT2D eigenvalue weighted by molar-refractivity contribution is -0.111. The predicted molar refractivity (Wildman–Crippen MR) is 88.8 cm³/mol. The predicted octanol–water partition coefficient (Wildman–Crippen LogP) is 3.18. The van der Waals surface area contributed by atoms with Crippen molar-refractivity contribution < 1.29 is 14.0 Å². The number of hydrogen-bond acceptors (Lipinski definition) is 3. The Morgan fingerprint density at radius 3 is 2.43 bits per heavy atom. The van der Waals surface area contributed by atoms with E-state index >= 15 is 0 Å². The van der Waals surface area contributed by atoms with Crippen LogP contribution in [0.5, 0.6) is 0 Å². The lowest BCUT2D eigenvalue weighted by Crippen LogP contribution is -2.15. The van der Waals surface area contributed by atoms with Crippen molar-refractivity contribution >= 4 is 34.5 Å². The van der Waals surface area contributed by atoms with Gasteiger partial charge in [0.05, 0.1) is 0 Å². The van der Waals surface area contributed by atoms with Crippen molar-refractivity contribution in [1.82, 2.24) is 0 Å². The van der Waals surface area contributed by atoms with Crippen LogP contribution >= 0.6 is 0 Å². The highest BCUT2D eigenvalue weighted by Crippen LogP contribution is 2.30. The molecule has 5 heteroatoms. The summed E-state index contributed by atoms with van der Waals surface area (Å²) in [7, 11) is 0. The summed E-state index contributed by atoms with van der Waals surface area (Å²) in [5, 5.41) is 3.29. The molecule has 1 aromatic heterocycles. The molecule has 114 valence electrons. The number of nitrogens with one attached hydrogen (secondary N) is 1. The molecule has 0 spiro atoms. The van der Waals surface area contributed by atoms with Gasteiger partial charge in [0.2, 0.25) is 11.7 Å². The van der Waals surface area contributed by atoms with Crippen LogP contribution in [0.2, 0.25) is 0 Å². The maximum atomic E-state index is 12.1. The quantitative estimate of drug-likeness (QED) is 0.726. The van der Waals surface area contributed by atoms with Crippen LogP contribution in [0, 0.1) is 0 Å². The van der Waals surface area contributed by atoms with Crippen LogP contribution in [0.3, 0.4) is 0 Å². The van der Waals surface area contributed by atoms with E-state index in [4.69, 9.17) is 10.2 Å². The molecule has 2 aromatic carbocycles. The second kappa shape index (κ2) is 6.19. The fourth-order valence-corrected chi connectivity index (χ4v) is 2.24. The average molecular weight is 306 g/mol. The number of primary amides is 1. The first-order chi connectivity index (χ1) is 11.1. The zero-order valence-corrected chi connectivity index (χ0v) is 12.2. The Morgan fingerprint density at radius 1 is 1.00 bits per heavy atom. The number of carbonyl (C=O) groups excluding carboxylic acids is 2. The molecule has 0 saturated carbocycles. The monoisotopic (exact) mass is 306 g/mol. The van der Waals surface area contributed by atoms with Crippen molar-refractivity contribution in [3.05, 3.63) is 72.0 Å². The number of para-hydroxylation sites is 1. The van der Waals surface area contributed by atoms with E-state index in [2.05, 4.69) is 5.32 Å². The van der Waals surface area contributed by atoms with Crippen LogP contribution in [-0.2, 0) is 4.79 Å². The number of hydrogen-bond donors (Lipinski definition) is 2. The molecule has 3 aromatic rings. The lowest BCUT2D eigenvalue weighted by Gasteiger charge is -2.01. The molecule has 0 atom stereocenters. The minimum atomic E-state index is -0.733. The van der Waals surface area contributed by atoms with E-state index in [9.17, 15) is 9.59 Å². The van der Waals surface area contributed by atoms with Gasteiger partial charge in [-0.1, -0.05) is 42.5 Å². The van der Waals surface area contributed by atoms with E-state index in [1.807, 2.05) is 30.3 Å². The highest BCUT2D eigenvalue weighted by molar-refractivity contribution is 6.13. The Bertz CT molecular complexity index is 895. The third kappa shape index (κ3) is 3.13.